The second-order valence-electron chi connectivity index (χ2n) is 9.98. The summed E-state index contributed by atoms with van der Waals surface area (Å²) < 4.78 is 5.94. The van der Waals surface area contributed by atoms with Crippen molar-refractivity contribution in [3.63, 3.8) is 0 Å². The van der Waals surface area contributed by atoms with Gasteiger partial charge in [-0.1, -0.05) is 36.3 Å². The number of aromatic nitrogens is 1. The number of fused-ring (bicyclic) bond motifs is 2. The zero-order valence-corrected chi connectivity index (χ0v) is 21.1. The number of nitrogens with zero attached hydrogens (tertiary/aromatic N) is 3. The van der Waals surface area contributed by atoms with Crippen LogP contribution in [0.1, 0.15) is 29.3 Å². The lowest BCUT2D eigenvalue weighted by Gasteiger charge is -2.34. The van der Waals surface area contributed by atoms with Crippen LogP contribution in [0.4, 0.5) is 22.7 Å². The number of ketones is 1. The van der Waals surface area contributed by atoms with Crippen LogP contribution in [0.15, 0.2) is 59.1 Å². The average Bonchev–Trinajstić information content (AvgIpc) is 3.34. The van der Waals surface area contributed by atoms with Gasteiger partial charge in [0.25, 0.3) is 0 Å². The highest BCUT2D eigenvalue weighted by Gasteiger charge is 2.34. The Morgan fingerprint density at radius 3 is 2.47 bits per heavy atom. The van der Waals surface area contributed by atoms with E-state index < -0.39 is 0 Å². The van der Waals surface area contributed by atoms with Gasteiger partial charge in [-0.3, -0.25) is 4.79 Å². The highest BCUT2D eigenvalue weighted by atomic mass is 16.5. The van der Waals surface area contributed by atoms with E-state index in [1.54, 1.807) is 4.90 Å². The van der Waals surface area contributed by atoms with Crippen LogP contribution in [0.3, 0.4) is 0 Å². The van der Waals surface area contributed by atoms with Crippen molar-refractivity contribution in [3.8, 4) is 11.3 Å². The fraction of sp³-hybridized carbons (Fsp3) is 0.310. The lowest BCUT2D eigenvalue weighted by Crippen LogP contribution is -3.14. The molecule has 1 fully saturated rings. The number of benzene rings is 3. The van der Waals surface area contributed by atoms with Crippen molar-refractivity contribution in [2.24, 2.45) is 0 Å². The van der Waals surface area contributed by atoms with E-state index in [1.807, 2.05) is 38.4 Å². The van der Waals surface area contributed by atoms with Gasteiger partial charge in [-0.25, -0.2) is 0 Å². The predicted octanol–water partition coefficient (Wildman–Crippen LogP) is 3.96. The summed E-state index contributed by atoms with van der Waals surface area (Å²) in [6, 6.07) is 18.0. The highest BCUT2D eigenvalue weighted by molar-refractivity contribution is 6.28. The molecule has 0 unspecified atom stereocenters. The molecule has 7 nitrogen and oxygen atoms in total. The molecule has 6 rings (SSSR count). The maximum absolute atomic E-state index is 13.8. The first kappa shape index (κ1) is 22.6. The van der Waals surface area contributed by atoms with Gasteiger partial charge in [0.05, 0.1) is 55.0 Å². The third-order valence-corrected chi connectivity index (χ3v) is 7.46. The number of rotatable bonds is 6. The van der Waals surface area contributed by atoms with Crippen molar-refractivity contribution < 1.29 is 14.2 Å². The molecule has 1 saturated heterocycles. The number of anilines is 4. The molecule has 1 aliphatic heterocycles. The summed E-state index contributed by atoms with van der Waals surface area (Å²) in [4.78, 5) is 19.9. The van der Waals surface area contributed by atoms with Gasteiger partial charge in [0.15, 0.2) is 11.5 Å². The summed E-state index contributed by atoms with van der Waals surface area (Å²) in [5.41, 5.74) is 6.75. The van der Waals surface area contributed by atoms with Gasteiger partial charge in [0.1, 0.15) is 5.52 Å². The smallest absolute Gasteiger partial charge is 0.196 e. The molecular formula is C29H32N5O2+. The lowest BCUT2D eigenvalue weighted by atomic mass is 9.86. The molecule has 0 saturated carbocycles. The van der Waals surface area contributed by atoms with Crippen LogP contribution < -0.4 is 20.0 Å². The number of hydrogen-bond acceptors (Lipinski definition) is 6. The Morgan fingerprint density at radius 2 is 1.78 bits per heavy atom. The van der Waals surface area contributed by atoms with E-state index in [0.29, 0.717) is 16.9 Å². The molecular weight excluding hydrogens is 450 g/mol. The van der Waals surface area contributed by atoms with Crippen molar-refractivity contribution in [1.29, 1.82) is 0 Å². The van der Waals surface area contributed by atoms with Crippen LogP contribution in [0.5, 0.6) is 0 Å². The minimum Gasteiger partial charge on any atom is -0.378 e. The molecule has 36 heavy (non-hydrogen) atoms. The maximum atomic E-state index is 13.8. The molecule has 0 spiro atoms. The van der Waals surface area contributed by atoms with E-state index >= 15 is 0 Å². The van der Waals surface area contributed by atoms with E-state index in [4.69, 9.17) is 4.52 Å². The normalized spacial score (nSPS) is 15.3. The molecule has 0 bridgehead atoms. The van der Waals surface area contributed by atoms with Crippen LogP contribution in [-0.2, 0) is 0 Å². The number of quaternary nitrogens is 1. The van der Waals surface area contributed by atoms with Gasteiger partial charge in [-0.2, -0.15) is 0 Å². The van der Waals surface area contributed by atoms with E-state index in [0.717, 1.165) is 65.4 Å². The summed E-state index contributed by atoms with van der Waals surface area (Å²) in [6.07, 6.45) is 1.20. The summed E-state index contributed by atoms with van der Waals surface area (Å²) in [5.74, 6) is 0.681. The SMILES string of the molecule is CCC[NH+]1CCN(c2cc(Nc3ccc(N(C)C)cc3)c3c4c(onc24)-c2ccccc2C3=O)CC1. The zero-order chi connectivity index (χ0) is 24.8. The molecule has 2 N–H and O–H groups in total. The van der Waals surface area contributed by atoms with Gasteiger partial charge >= 0.3 is 0 Å². The lowest BCUT2D eigenvalue weighted by molar-refractivity contribution is -0.900. The topological polar surface area (TPSA) is 66.1 Å². The number of hydrogen-bond donors (Lipinski definition) is 2. The summed E-state index contributed by atoms with van der Waals surface area (Å²) in [6.45, 7) is 7.55. The summed E-state index contributed by atoms with van der Waals surface area (Å²) in [7, 11) is 4.05. The first-order valence-corrected chi connectivity index (χ1v) is 12.8. The van der Waals surface area contributed by atoms with Gasteiger partial charge in [0, 0.05) is 36.6 Å². The molecule has 0 atom stereocenters. The van der Waals surface area contributed by atoms with Crippen LogP contribution in [0.2, 0.25) is 0 Å². The second-order valence-corrected chi connectivity index (χ2v) is 9.98. The third-order valence-electron chi connectivity index (χ3n) is 7.46. The van der Waals surface area contributed by atoms with Crippen LogP contribution in [0.25, 0.3) is 22.2 Å². The Morgan fingerprint density at radius 1 is 1.06 bits per heavy atom. The highest BCUT2D eigenvalue weighted by Crippen LogP contribution is 2.46. The number of nitrogens with one attached hydrogen (secondary N) is 2. The van der Waals surface area contributed by atoms with Crippen molar-refractivity contribution in [2.75, 3.05) is 61.9 Å². The molecule has 184 valence electrons. The van der Waals surface area contributed by atoms with E-state index in [9.17, 15) is 4.79 Å². The molecule has 1 aliphatic carbocycles. The maximum Gasteiger partial charge on any atom is 0.196 e. The number of carbonyl (C=O) groups is 1. The zero-order valence-electron chi connectivity index (χ0n) is 21.1. The standard InChI is InChI=1S/C29H31N5O2/c1-4-13-33-14-16-34(17-15-33)24-18-23(30-19-9-11-20(12-10-19)32(2)3)25-26-27(24)31-36-29(26)22-8-6-5-7-21(22)28(25)35/h5-12,18,30H,4,13-17H2,1-3H3/p+1. The average molecular weight is 483 g/mol. The second kappa shape index (κ2) is 8.99. The van der Waals surface area contributed by atoms with E-state index in [-0.39, 0.29) is 5.78 Å². The predicted molar refractivity (Wildman–Crippen MR) is 145 cm³/mol. The molecule has 2 heterocycles. The Bertz CT molecular complexity index is 1430. The number of carbonyl (C=O) groups excluding carboxylic acids is 1. The van der Waals surface area contributed by atoms with Crippen molar-refractivity contribution in [3.05, 3.63) is 65.7 Å². The van der Waals surface area contributed by atoms with Crippen molar-refractivity contribution >= 4 is 39.4 Å². The van der Waals surface area contributed by atoms with Crippen LogP contribution in [-0.4, -0.2) is 57.8 Å². The molecule has 0 amide bonds. The van der Waals surface area contributed by atoms with E-state index in [1.165, 1.54) is 13.0 Å². The minimum absolute atomic E-state index is 0.00229. The van der Waals surface area contributed by atoms with Crippen molar-refractivity contribution in [2.45, 2.75) is 13.3 Å². The largest absolute Gasteiger partial charge is 0.378 e. The van der Waals surface area contributed by atoms with Gasteiger partial charge in [0.2, 0.25) is 0 Å². The molecule has 7 heteroatoms. The molecule has 0 radical (unpaired) electrons. The quantitative estimate of drug-likeness (QED) is 0.382. The molecule has 2 aliphatic rings. The first-order chi connectivity index (χ1) is 17.5. The molecule has 1 aromatic heterocycles. The summed E-state index contributed by atoms with van der Waals surface area (Å²) >= 11 is 0. The monoisotopic (exact) mass is 482 g/mol. The fourth-order valence-electron chi connectivity index (χ4n) is 5.55. The van der Waals surface area contributed by atoms with Crippen molar-refractivity contribution in [1.82, 2.24) is 5.16 Å². The Balaban J connectivity index is 1.48. The first-order valence-electron chi connectivity index (χ1n) is 12.8. The molecule has 3 aromatic carbocycles. The van der Waals surface area contributed by atoms with Gasteiger partial charge in [-0.05, 0) is 36.8 Å². The third kappa shape index (κ3) is 3.71. The molecule has 4 aromatic rings. The Kier molecular flexibility index (Phi) is 5.64. The van der Waals surface area contributed by atoms with Gasteiger partial charge in [-0.15, -0.1) is 0 Å². The fourth-order valence-corrected chi connectivity index (χ4v) is 5.55. The van der Waals surface area contributed by atoms with Gasteiger partial charge < -0.3 is 24.5 Å². The number of piperazine rings is 1. The Labute approximate surface area is 211 Å². The Hall–Kier alpha value is -3.84. The van der Waals surface area contributed by atoms with Crippen LogP contribution in [0, 0.1) is 0 Å². The van der Waals surface area contributed by atoms with E-state index in [2.05, 4.69) is 57.5 Å². The minimum atomic E-state index is 0.00229. The van der Waals surface area contributed by atoms with Crippen LogP contribution >= 0.6 is 0 Å². The summed E-state index contributed by atoms with van der Waals surface area (Å²) in [5, 5.41) is 8.90.